The Morgan fingerprint density at radius 2 is 1.88 bits per heavy atom. The summed E-state index contributed by atoms with van der Waals surface area (Å²) in [6, 6.07) is 10.7. The summed E-state index contributed by atoms with van der Waals surface area (Å²) in [6.45, 7) is 4.73. The summed E-state index contributed by atoms with van der Waals surface area (Å²) < 4.78 is 7.69. The van der Waals surface area contributed by atoms with E-state index in [1.165, 1.54) is 10.5 Å². The lowest BCUT2D eigenvalue weighted by Gasteiger charge is -2.20. The van der Waals surface area contributed by atoms with Crippen molar-refractivity contribution in [3.05, 3.63) is 53.5 Å². The maximum atomic E-state index is 5.47. The molecule has 0 unspecified atom stereocenters. The van der Waals surface area contributed by atoms with E-state index in [9.17, 15) is 0 Å². The summed E-state index contributed by atoms with van der Waals surface area (Å²) >= 11 is 1.58. The Kier molecular flexibility index (Phi) is 6.05. The number of aromatic nitrogens is 5. The lowest BCUT2D eigenvalue weighted by molar-refractivity contribution is -0.893. The fourth-order valence-corrected chi connectivity index (χ4v) is 3.73. The van der Waals surface area contributed by atoms with Crippen LogP contribution in [0.3, 0.4) is 0 Å². The first-order valence-corrected chi connectivity index (χ1v) is 9.76. The molecule has 0 amide bonds. The van der Waals surface area contributed by atoms with Gasteiger partial charge in [-0.15, -0.1) is 20.4 Å². The molecule has 0 bridgehead atoms. The third-order valence-corrected chi connectivity index (χ3v) is 5.19. The molecule has 7 nitrogen and oxygen atoms in total. The van der Waals surface area contributed by atoms with Crippen molar-refractivity contribution >= 4 is 11.8 Å². The minimum Gasteiger partial charge on any atom is -0.425 e. The average Bonchev–Trinajstić information content (AvgIpc) is 3.21. The summed E-state index contributed by atoms with van der Waals surface area (Å²) in [7, 11) is 4.31. The zero-order valence-corrected chi connectivity index (χ0v) is 16.5. The fourth-order valence-electron chi connectivity index (χ4n) is 2.95. The molecule has 0 aliphatic carbocycles. The van der Waals surface area contributed by atoms with Gasteiger partial charge in [0.1, 0.15) is 6.04 Å². The highest BCUT2D eigenvalue weighted by atomic mass is 32.2. The first-order chi connectivity index (χ1) is 12.6. The average molecular weight is 374 g/mol. The van der Waals surface area contributed by atoms with Crippen LogP contribution in [-0.4, -0.2) is 39.1 Å². The van der Waals surface area contributed by atoms with Crippen LogP contribution in [0, 0.1) is 6.92 Å². The number of hydrogen-bond acceptors (Lipinski definition) is 6. The van der Waals surface area contributed by atoms with Gasteiger partial charge in [-0.05, 0) is 5.56 Å². The Morgan fingerprint density at radius 1 is 1.12 bits per heavy atom. The van der Waals surface area contributed by atoms with E-state index >= 15 is 0 Å². The van der Waals surface area contributed by atoms with Gasteiger partial charge in [0, 0.05) is 13.3 Å². The number of nitrogens with one attached hydrogen (secondary N) is 1. The van der Waals surface area contributed by atoms with Crippen LogP contribution in [0.1, 0.15) is 42.6 Å². The van der Waals surface area contributed by atoms with Gasteiger partial charge in [-0.3, -0.25) is 4.57 Å². The van der Waals surface area contributed by atoms with Crippen molar-refractivity contribution in [1.82, 2.24) is 25.0 Å². The molecule has 0 radical (unpaired) electrons. The van der Waals surface area contributed by atoms with Crippen LogP contribution < -0.4 is 4.90 Å². The zero-order chi connectivity index (χ0) is 18.5. The van der Waals surface area contributed by atoms with Gasteiger partial charge in [0.2, 0.25) is 11.8 Å². The minimum atomic E-state index is 0.297. The molecule has 26 heavy (non-hydrogen) atoms. The molecule has 3 aromatic rings. The fraction of sp³-hybridized carbons (Fsp3) is 0.444. The SMILES string of the molecule is CC[C@@H](c1nnc(SCc2nnc(C)o2)n1Cc1ccccc1)[NH+](C)C. The molecule has 3 rings (SSSR count). The molecule has 1 N–H and O–H groups in total. The lowest BCUT2D eigenvalue weighted by atomic mass is 10.2. The van der Waals surface area contributed by atoms with E-state index < -0.39 is 0 Å². The first-order valence-electron chi connectivity index (χ1n) is 8.77. The molecule has 0 aliphatic heterocycles. The number of rotatable bonds is 8. The molecule has 138 valence electrons. The summed E-state index contributed by atoms with van der Waals surface area (Å²) in [5.74, 6) is 2.78. The van der Waals surface area contributed by atoms with Crippen LogP contribution in [-0.2, 0) is 12.3 Å². The van der Waals surface area contributed by atoms with Crippen molar-refractivity contribution in [1.29, 1.82) is 0 Å². The van der Waals surface area contributed by atoms with Crippen molar-refractivity contribution in [3.63, 3.8) is 0 Å². The number of nitrogens with zero attached hydrogens (tertiary/aromatic N) is 5. The summed E-state index contributed by atoms with van der Waals surface area (Å²) in [5, 5.41) is 17.8. The Balaban J connectivity index is 1.88. The number of quaternary nitrogens is 1. The Morgan fingerprint density at radius 3 is 2.50 bits per heavy atom. The number of thioether (sulfide) groups is 1. The largest absolute Gasteiger partial charge is 0.425 e. The molecule has 1 aromatic carbocycles. The lowest BCUT2D eigenvalue weighted by Crippen LogP contribution is -3.06. The van der Waals surface area contributed by atoms with Gasteiger partial charge in [0.05, 0.1) is 26.4 Å². The van der Waals surface area contributed by atoms with E-state index in [-0.39, 0.29) is 0 Å². The highest BCUT2D eigenvalue weighted by Gasteiger charge is 2.25. The molecule has 8 heteroatoms. The van der Waals surface area contributed by atoms with Gasteiger partial charge in [-0.25, -0.2) is 0 Å². The van der Waals surface area contributed by atoms with Gasteiger partial charge in [0.15, 0.2) is 11.0 Å². The second kappa shape index (κ2) is 8.46. The Bertz CT molecular complexity index is 829. The standard InChI is InChI=1S/C18H24N6OS/c1-5-15(23(3)4)17-21-22-18(26-12-16-20-19-13(2)25-16)24(17)11-14-9-7-6-8-10-14/h6-10,15H,5,11-12H2,1-4H3/p+1/t15-/m0/s1. The van der Waals surface area contributed by atoms with Crippen molar-refractivity contribution in [2.45, 2.75) is 43.8 Å². The van der Waals surface area contributed by atoms with Crippen LogP contribution in [0.25, 0.3) is 0 Å². The van der Waals surface area contributed by atoms with Crippen LogP contribution >= 0.6 is 11.8 Å². The van der Waals surface area contributed by atoms with Crippen LogP contribution in [0.15, 0.2) is 39.9 Å². The number of benzene rings is 1. The van der Waals surface area contributed by atoms with Crippen LogP contribution in [0.5, 0.6) is 0 Å². The van der Waals surface area contributed by atoms with E-state index in [0.29, 0.717) is 23.6 Å². The van der Waals surface area contributed by atoms with E-state index in [0.717, 1.165) is 23.9 Å². The predicted octanol–water partition coefficient (Wildman–Crippen LogP) is 1.91. The quantitative estimate of drug-likeness (QED) is 0.608. The molecule has 0 saturated carbocycles. The van der Waals surface area contributed by atoms with Gasteiger partial charge >= 0.3 is 0 Å². The molecule has 1 atom stereocenters. The third-order valence-electron chi connectivity index (χ3n) is 4.24. The molecule has 2 heterocycles. The molecule has 0 aliphatic rings. The van der Waals surface area contributed by atoms with Gasteiger partial charge < -0.3 is 9.32 Å². The van der Waals surface area contributed by atoms with Gasteiger partial charge in [0.25, 0.3) is 0 Å². The van der Waals surface area contributed by atoms with Crippen LogP contribution in [0.4, 0.5) is 0 Å². The van der Waals surface area contributed by atoms with Gasteiger partial charge in [-0.2, -0.15) is 0 Å². The molecular weight excluding hydrogens is 348 g/mol. The van der Waals surface area contributed by atoms with E-state index in [1.807, 2.05) is 6.07 Å². The van der Waals surface area contributed by atoms with Crippen molar-refractivity contribution < 1.29 is 9.32 Å². The Labute approximate surface area is 157 Å². The van der Waals surface area contributed by atoms with Crippen molar-refractivity contribution in [3.8, 4) is 0 Å². The summed E-state index contributed by atoms with van der Waals surface area (Å²) in [6.07, 6.45) is 1.00. The van der Waals surface area contributed by atoms with E-state index in [2.05, 4.69) is 70.2 Å². The normalized spacial score (nSPS) is 12.7. The second-order valence-corrected chi connectivity index (χ2v) is 7.40. The van der Waals surface area contributed by atoms with Crippen LogP contribution in [0.2, 0.25) is 0 Å². The first kappa shape index (κ1) is 18.6. The number of hydrogen-bond donors (Lipinski definition) is 1. The maximum Gasteiger partial charge on any atom is 0.226 e. The molecule has 2 aromatic heterocycles. The third kappa shape index (κ3) is 4.31. The van der Waals surface area contributed by atoms with Crippen molar-refractivity contribution in [2.24, 2.45) is 0 Å². The number of aryl methyl sites for hydroxylation is 1. The Hall–Kier alpha value is -2.19. The zero-order valence-electron chi connectivity index (χ0n) is 15.6. The van der Waals surface area contributed by atoms with E-state index in [4.69, 9.17) is 4.42 Å². The smallest absolute Gasteiger partial charge is 0.226 e. The van der Waals surface area contributed by atoms with E-state index in [1.54, 1.807) is 18.7 Å². The topological polar surface area (TPSA) is 74.1 Å². The highest BCUT2D eigenvalue weighted by Crippen LogP contribution is 2.25. The molecule has 0 fully saturated rings. The van der Waals surface area contributed by atoms with Gasteiger partial charge in [-0.1, -0.05) is 49.0 Å². The van der Waals surface area contributed by atoms with Crippen molar-refractivity contribution in [2.75, 3.05) is 14.1 Å². The summed E-state index contributed by atoms with van der Waals surface area (Å²) in [4.78, 5) is 1.35. The highest BCUT2D eigenvalue weighted by molar-refractivity contribution is 7.98. The minimum absolute atomic E-state index is 0.297. The molecular formula is C18H25N6OS+. The molecule has 0 spiro atoms. The maximum absolute atomic E-state index is 5.47. The molecule has 0 saturated heterocycles. The monoisotopic (exact) mass is 373 g/mol. The second-order valence-electron chi connectivity index (χ2n) is 6.45. The summed E-state index contributed by atoms with van der Waals surface area (Å²) in [5.41, 5.74) is 1.23. The predicted molar refractivity (Wildman–Crippen MR) is 100 cm³/mol.